The number of hydrogen-bond donors (Lipinski definition) is 2. The van der Waals surface area contributed by atoms with Gasteiger partial charge in [-0.2, -0.15) is 13.2 Å². The van der Waals surface area contributed by atoms with Gasteiger partial charge in [-0.3, -0.25) is 4.79 Å². The third kappa shape index (κ3) is 8.17. The lowest BCUT2D eigenvalue weighted by Gasteiger charge is -2.15. The average molecular weight is 283 g/mol. The molecule has 5 nitrogen and oxygen atoms in total. The van der Waals surface area contributed by atoms with Crippen LogP contribution in [-0.4, -0.2) is 35.0 Å². The van der Waals surface area contributed by atoms with Crippen molar-refractivity contribution in [1.82, 2.24) is 5.32 Å². The Morgan fingerprint density at radius 2 is 1.74 bits per heavy atom. The van der Waals surface area contributed by atoms with E-state index in [9.17, 15) is 27.6 Å². The van der Waals surface area contributed by atoms with E-state index in [1.165, 1.54) is 12.2 Å². The Labute approximate surface area is 108 Å². The van der Waals surface area contributed by atoms with Crippen molar-refractivity contribution >= 4 is 17.7 Å². The number of rotatable bonds is 8. The first-order valence-corrected chi connectivity index (χ1v) is 5.74. The zero-order chi connectivity index (χ0) is 15.1. The van der Waals surface area contributed by atoms with Gasteiger partial charge in [-0.05, 0) is 19.8 Å². The van der Waals surface area contributed by atoms with Crippen LogP contribution < -0.4 is 5.32 Å². The van der Waals surface area contributed by atoms with E-state index >= 15 is 0 Å². The molecule has 1 amide bonds. The van der Waals surface area contributed by atoms with Crippen LogP contribution in [0, 0.1) is 0 Å². The van der Waals surface area contributed by atoms with Crippen molar-refractivity contribution in [1.29, 1.82) is 0 Å². The van der Waals surface area contributed by atoms with Gasteiger partial charge in [-0.1, -0.05) is 12.8 Å². The van der Waals surface area contributed by atoms with Gasteiger partial charge in [0.05, 0.1) is 0 Å². The molecule has 0 rings (SSSR count). The lowest BCUT2D eigenvalue weighted by atomic mass is 10.1. The number of carbonyl (C=O) groups is 3. The third-order valence-electron chi connectivity index (χ3n) is 2.38. The van der Waals surface area contributed by atoms with E-state index in [0.717, 1.165) is 0 Å². The number of nitrogens with one attached hydrogen (secondary N) is 1. The molecule has 0 aliphatic heterocycles. The van der Waals surface area contributed by atoms with Gasteiger partial charge in [-0.25, -0.2) is 4.79 Å². The highest BCUT2D eigenvalue weighted by Crippen LogP contribution is 2.15. The van der Waals surface area contributed by atoms with Gasteiger partial charge in [0, 0.05) is 6.42 Å². The number of carboxylic acids is 1. The van der Waals surface area contributed by atoms with E-state index in [1.54, 1.807) is 0 Å². The molecule has 0 radical (unpaired) electrons. The largest absolute Gasteiger partial charge is 0.480 e. The molecule has 0 aliphatic rings. The van der Waals surface area contributed by atoms with Crippen LogP contribution in [0.5, 0.6) is 0 Å². The molecule has 0 saturated carbocycles. The van der Waals surface area contributed by atoms with Crippen LogP contribution in [0.25, 0.3) is 0 Å². The van der Waals surface area contributed by atoms with Gasteiger partial charge in [0.1, 0.15) is 11.8 Å². The fraction of sp³-hybridized carbons (Fsp3) is 0.727. The first-order chi connectivity index (χ1) is 8.64. The Hall–Kier alpha value is -1.60. The van der Waals surface area contributed by atoms with Crippen molar-refractivity contribution in [3.8, 4) is 0 Å². The summed E-state index contributed by atoms with van der Waals surface area (Å²) in [5.41, 5.74) is 0. The molecule has 8 heteroatoms. The number of aliphatic carboxylic acids is 1. The second kappa shape index (κ2) is 7.75. The molecule has 110 valence electrons. The summed E-state index contributed by atoms with van der Waals surface area (Å²) in [6.45, 7) is 1.42. The predicted octanol–water partition coefficient (Wildman–Crippen LogP) is 1.66. The smallest absolute Gasteiger partial charge is 0.471 e. The monoisotopic (exact) mass is 283 g/mol. The van der Waals surface area contributed by atoms with Gasteiger partial charge in [0.25, 0.3) is 0 Å². The molecule has 0 spiro atoms. The molecule has 0 bridgehead atoms. The molecular weight excluding hydrogens is 267 g/mol. The highest BCUT2D eigenvalue weighted by molar-refractivity contribution is 5.86. The lowest BCUT2D eigenvalue weighted by Crippen LogP contribution is -2.46. The normalized spacial score (nSPS) is 12.8. The summed E-state index contributed by atoms with van der Waals surface area (Å²) in [5, 5.41) is 10.1. The summed E-state index contributed by atoms with van der Waals surface area (Å²) in [6, 6.07) is -1.56. The van der Waals surface area contributed by atoms with E-state index in [2.05, 4.69) is 0 Å². The molecular formula is C11H16F3NO4. The molecule has 0 aromatic rings. The van der Waals surface area contributed by atoms with Crippen molar-refractivity contribution in [3.05, 3.63) is 0 Å². The average Bonchev–Trinajstić information content (AvgIpc) is 2.24. The topological polar surface area (TPSA) is 83.5 Å². The van der Waals surface area contributed by atoms with E-state index < -0.39 is 24.1 Å². The maximum absolute atomic E-state index is 12.0. The van der Waals surface area contributed by atoms with E-state index in [0.29, 0.717) is 25.7 Å². The molecule has 0 aromatic carbocycles. The summed E-state index contributed by atoms with van der Waals surface area (Å²) >= 11 is 0. The highest BCUT2D eigenvalue weighted by Gasteiger charge is 2.40. The lowest BCUT2D eigenvalue weighted by molar-refractivity contribution is -0.175. The van der Waals surface area contributed by atoms with Crippen molar-refractivity contribution < 1.29 is 32.7 Å². The number of carbonyl (C=O) groups excluding carboxylic acids is 2. The van der Waals surface area contributed by atoms with Crippen LogP contribution >= 0.6 is 0 Å². The number of unbranched alkanes of at least 4 members (excludes halogenated alkanes) is 2. The Kier molecular flexibility index (Phi) is 7.10. The molecule has 0 saturated heterocycles. The summed E-state index contributed by atoms with van der Waals surface area (Å²) in [4.78, 5) is 31.9. The summed E-state index contributed by atoms with van der Waals surface area (Å²) in [6.07, 6.45) is -3.45. The molecule has 2 N–H and O–H groups in total. The summed E-state index contributed by atoms with van der Waals surface area (Å²) < 4.78 is 35.9. The first kappa shape index (κ1) is 17.4. The fourth-order valence-electron chi connectivity index (χ4n) is 1.40. The Morgan fingerprint density at radius 3 is 2.16 bits per heavy atom. The number of hydrogen-bond acceptors (Lipinski definition) is 3. The van der Waals surface area contributed by atoms with Crippen LogP contribution in [0.15, 0.2) is 0 Å². The molecule has 1 unspecified atom stereocenters. The quantitative estimate of drug-likeness (QED) is 0.663. The van der Waals surface area contributed by atoms with Gasteiger partial charge in [-0.15, -0.1) is 0 Å². The molecule has 0 heterocycles. The second-order valence-electron chi connectivity index (χ2n) is 4.16. The van der Waals surface area contributed by atoms with E-state index in [4.69, 9.17) is 5.11 Å². The SMILES string of the molecule is CC(=O)CCCCCC(NC(=O)C(F)(F)F)C(=O)O. The maximum atomic E-state index is 12.0. The van der Waals surface area contributed by atoms with Gasteiger partial charge in [0.15, 0.2) is 0 Å². The van der Waals surface area contributed by atoms with Gasteiger partial charge in [0.2, 0.25) is 0 Å². The van der Waals surface area contributed by atoms with Crippen LogP contribution in [0.1, 0.15) is 39.0 Å². The molecule has 0 fully saturated rings. The van der Waals surface area contributed by atoms with Crippen LogP contribution in [-0.2, 0) is 14.4 Å². The first-order valence-electron chi connectivity index (χ1n) is 5.74. The van der Waals surface area contributed by atoms with Crippen molar-refractivity contribution in [2.75, 3.05) is 0 Å². The van der Waals surface area contributed by atoms with Crippen molar-refractivity contribution in [3.63, 3.8) is 0 Å². The maximum Gasteiger partial charge on any atom is 0.471 e. The summed E-state index contributed by atoms with van der Waals surface area (Å²) in [5.74, 6) is -3.77. The minimum absolute atomic E-state index is 0.000147. The van der Waals surface area contributed by atoms with E-state index in [-0.39, 0.29) is 12.2 Å². The number of Topliss-reactive ketones (excluding diaryl/α,β-unsaturated/α-hetero) is 1. The number of amides is 1. The molecule has 0 aliphatic carbocycles. The Balaban J connectivity index is 4.11. The predicted molar refractivity (Wildman–Crippen MR) is 59.4 cm³/mol. The number of alkyl halides is 3. The Morgan fingerprint density at radius 1 is 1.16 bits per heavy atom. The molecule has 1 atom stereocenters. The van der Waals surface area contributed by atoms with Gasteiger partial charge >= 0.3 is 18.1 Å². The zero-order valence-electron chi connectivity index (χ0n) is 10.4. The highest BCUT2D eigenvalue weighted by atomic mass is 19.4. The van der Waals surface area contributed by atoms with Crippen LogP contribution in [0.4, 0.5) is 13.2 Å². The van der Waals surface area contributed by atoms with Gasteiger partial charge < -0.3 is 15.2 Å². The van der Waals surface area contributed by atoms with Crippen molar-refractivity contribution in [2.45, 2.75) is 51.2 Å². The van der Waals surface area contributed by atoms with Crippen LogP contribution in [0.2, 0.25) is 0 Å². The molecule has 0 aromatic heterocycles. The number of halogens is 3. The minimum Gasteiger partial charge on any atom is -0.480 e. The fourth-order valence-corrected chi connectivity index (χ4v) is 1.40. The number of ketones is 1. The minimum atomic E-state index is -5.09. The zero-order valence-corrected chi connectivity index (χ0v) is 10.4. The molecule has 19 heavy (non-hydrogen) atoms. The second-order valence-corrected chi connectivity index (χ2v) is 4.16. The summed E-state index contributed by atoms with van der Waals surface area (Å²) in [7, 11) is 0. The van der Waals surface area contributed by atoms with Crippen LogP contribution in [0.3, 0.4) is 0 Å². The van der Waals surface area contributed by atoms with Crippen molar-refractivity contribution in [2.24, 2.45) is 0 Å². The van der Waals surface area contributed by atoms with E-state index in [1.807, 2.05) is 0 Å². The number of carboxylic acid groups (broad SMARTS) is 1. The Bertz CT molecular complexity index is 341. The third-order valence-corrected chi connectivity index (χ3v) is 2.38. The standard InChI is InChI=1S/C11H16F3NO4/c1-7(16)5-3-2-4-6-8(9(17)18)15-10(19)11(12,13)14/h8H,2-6H2,1H3,(H,15,19)(H,17,18).